The molecule has 0 heterocycles. The van der Waals surface area contributed by atoms with Crippen LogP contribution in [0.25, 0.3) is 0 Å². The Hall–Kier alpha value is -0.610. The minimum absolute atomic E-state index is 0.312. The van der Waals surface area contributed by atoms with Crippen LogP contribution in [0.3, 0.4) is 0 Å². The summed E-state index contributed by atoms with van der Waals surface area (Å²) >= 11 is 0. The molecule has 1 rings (SSSR count). The van der Waals surface area contributed by atoms with Crippen LogP contribution >= 0.6 is 0 Å². The second-order valence-corrected chi connectivity index (χ2v) is 4.52. The number of carbonyl (C=O) groups excluding carboxylic acids is 1. The quantitative estimate of drug-likeness (QED) is 0.713. The predicted molar refractivity (Wildman–Crippen MR) is 57.4 cm³/mol. The summed E-state index contributed by atoms with van der Waals surface area (Å²) < 4.78 is 10.4. The van der Waals surface area contributed by atoms with Gasteiger partial charge < -0.3 is 15.2 Å². The van der Waals surface area contributed by atoms with Gasteiger partial charge in [-0.2, -0.15) is 0 Å². The van der Waals surface area contributed by atoms with Crippen molar-refractivity contribution in [3.8, 4) is 0 Å². The second kappa shape index (κ2) is 4.94. The van der Waals surface area contributed by atoms with E-state index < -0.39 is 6.10 Å². The van der Waals surface area contributed by atoms with E-state index in [0.717, 1.165) is 19.3 Å². The van der Waals surface area contributed by atoms with Crippen LogP contribution in [0.1, 0.15) is 33.1 Å². The fourth-order valence-corrected chi connectivity index (χ4v) is 2.28. The van der Waals surface area contributed by atoms with Crippen molar-refractivity contribution in [2.24, 2.45) is 11.7 Å². The highest BCUT2D eigenvalue weighted by molar-refractivity contribution is 5.74. The first-order valence-corrected chi connectivity index (χ1v) is 5.49. The van der Waals surface area contributed by atoms with Crippen molar-refractivity contribution in [2.75, 3.05) is 13.7 Å². The molecule has 4 heteroatoms. The number of carbonyl (C=O) groups is 1. The monoisotopic (exact) mass is 215 g/mol. The van der Waals surface area contributed by atoms with Gasteiger partial charge in [-0.05, 0) is 32.1 Å². The minimum atomic E-state index is -0.524. The van der Waals surface area contributed by atoms with Gasteiger partial charge in [0.2, 0.25) is 0 Å². The molecule has 1 fully saturated rings. The largest absolute Gasteiger partial charge is 0.467 e. The number of hydrogen-bond donors (Lipinski definition) is 1. The predicted octanol–water partition coefficient (Wildman–Crippen LogP) is 1.08. The molecule has 0 spiro atoms. The molecule has 0 aromatic heterocycles. The lowest BCUT2D eigenvalue weighted by molar-refractivity contribution is -0.164. The lowest BCUT2D eigenvalue weighted by Gasteiger charge is -2.30. The van der Waals surface area contributed by atoms with Gasteiger partial charge >= 0.3 is 5.97 Å². The first-order valence-electron chi connectivity index (χ1n) is 5.49. The molecule has 0 aromatic carbocycles. The topological polar surface area (TPSA) is 61.5 Å². The van der Waals surface area contributed by atoms with E-state index in [1.165, 1.54) is 7.11 Å². The Morgan fingerprint density at radius 2 is 2.33 bits per heavy atom. The van der Waals surface area contributed by atoms with Crippen molar-refractivity contribution in [1.29, 1.82) is 0 Å². The number of rotatable bonds is 4. The first kappa shape index (κ1) is 12.5. The summed E-state index contributed by atoms with van der Waals surface area (Å²) in [6.45, 7) is 4.37. The lowest BCUT2D eigenvalue weighted by atomic mass is 10.0. The van der Waals surface area contributed by atoms with Crippen LogP contribution in [-0.4, -0.2) is 31.3 Å². The highest BCUT2D eigenvalue weighted by atomic mass is 16.6. The molecule has 88 valence electrons. The van der Waals surface area contributed by atoms with E-state index in [0.29, 0.717) is 12.5 Å². The molecule has 1 aliphatic rings. The van der Waals surface area contributed by atoms with Crippen LogP contribution in [0.4, 0.5) is 0 Å². The summed E-state index contributed by atoms with van der Waals surface area (Å²) in [7, 11) is 1.37. The summed E-state index contributed by atoms with van der Waals surface area (Å²) in [5, 5.41) is 0. The molecular weight excluding hydrogens is 194 g/mol. The third-order valence-corrected chi connectivity index (χ3v) is 3.15. The molecule has 0 amide bonds. The Morgan fingerprint density at radius 3 is 2.73 bits per heavy atom. The van der Waals surface area contributed by atoms with Crippen LogP contribution in [0.15, 0.2) is 0 Å². The van der Waals surface area contributed by atoms with E-state index in [1.807, 2.05) is 0 Å². The van der Waals surface area contributed by atoms with Crippen LogP contribution in [0.5, 0.6) is 0 Å². The van der Waals surface area contributed by atoms with Gasteiger partial charge in [0.15, 0.2) is 6.10 Å². The zero-order valence-electron chi connectivity index (χ0n) is 9.79. The summed E-state index contributed by atoms with van der Waals surface area (Å²) in [5.74, 6) is 0.292. The number of hydrogen-bond acceptors (Lipinski definition) is 4. The molecule has 4 nitrogen and oxygen atoms in total. The van der Waals surface area contributed by atoms with Gasteiger partial charge in [0, 0.05) is 6.54 Å². The smallest absolute Gasteiger partial charge is 0.334 e. The molecule has 1 saturated carbocycles. The molecule has 0 radical (unpaired) electrons. The summed E-state index contributed by atoms with van der Waals surface area (Å²) in [5.41, 5.74) is 5.43. The standard InChI is InChI=1S/C11H21NO3/c1-8-4-5-11(6-8,7-12)15-9(2)10(13)14-3/h8-9H,4-7,12H2,1-3H3. The van der Waals surface area contributed by atoms with Crippen molar-refractivity contribution >= 4 is 5.97 Å². The number of esters is 1. The maximum Gasteiger partial charge on any atom is 0.334 e. The zero-order chi connectivity index (χ0) is 11.5. The number of ether oxygens (including phenoxy) is 2. The van der Waals surface area contributed by atoms with Crippen LogP contribution in [0, 0.1) is 5.92 Å². The SMILES string of the molecule is COC(=O)C(C)OC1(CN)CCC(C)C1. The molecule has 0 aliphatic heterocycles. The van der Waals surface area contributed by atoms with E-state index in [2.05, 4.69) is 11.7 Å². The van der Waals surface area contributed by atoms with Crippen LogP contribution in [0.2, 0.25) is 0 Å². The molecule has 0 bridgehead atoms. The molecule has 0 aromatic rings. The lowest BCUT2D eigenvalue weighted by Crippen LogP contribution is -2.43. The second-order valence-electron chi connectivity index (χ2n) is 4.52. The van der Waals surface area contributed by atoms with Gasteiger partial charge in [-0.25, -0.2) is 4.79 Å². The average Bonchev–Trinajstić information content (AvgIpc) is 2.59. The number of methoxy groups -OCH3 is 1. The maximum absolute atomic E-state index is 11.3. The van der Waals surface area contributed by atoms with Crippen molar-refractivity contribution < 1.29 is 14.3 Å². The molecule has 3 unspecified atom stereocenters. The first-order chi connectivity index (χ1) is 7.03. The summed E-state index contributed by atoms with van der Waals surface area (Å²) in [6.07, 6.45) is 2.46. The van der Waals surface area contributed by atoms with Gasteiger partial charge in [-0.3, -0.25) is 0 Å². The van der Waals surface area contributed by atoms with E-state index in [4.69, 9.17) is 10.5 Å². The average molecular weight is 215 g/mol. The van der Waals surface area contributed by atoms with Crippen LogP contribution in [-0.2, 0) is 14.3 Å². The zero-order valence-corrected chi connectivity index (χ0v) is 9.79. The minimum Gasteiger partial charge on any atom is -0.467 e. The molecule has 0 saturated heterocycles. The van der Waals surface area contributed by atoms with Crippen molar-refractivity contribution in [3.63, 3.8) is 0 Å². The molecule has 3 atom stereocenters. The summed E-state index contributed by atoms with van der Waals surface area (Å²) in [4.78, 5) is 11.3. The van der Waals surface area contributed by atoms with Gasteiger partial charge in [0.1, 0.15) is 0 Å². The fraction of sp³-hybridized carbons (Fsp3) is 0.909. The molecule has 2 N–H and O–H groups in total. The van der Waals surface area contributed by atoms with Gasteiger partial charge in [0.25, 0.3) is 0 Å². The summed E-state index contributed by atoms with van der Waals surface area (Å²) in [6, 6.07) is 0. The Balaban J connectivity index is 2.57. The Morgan fingerprint density at radius 1 is 1.67 bits per heavy atom. The van der Waals surface area contributed by atoms with E-state index in [-0.39, 0.29) is 11.6 Å². The Bertz CT molecular complexity index is 232. The molecule has 15 heavy (non-hydrogen) atoms. The Labute approximate surface area is 91.1 Å². The van der Waals surface area contributed by atoms with E-state index >= 15 is 0 Å². The highest BCUT2D eigenvalue weighted by Gasteiger charge is 2.39. The molecule has 1 aliphatic carbocycles. The normalized spacial score (nSPS) is 32.7. The van der Waals surface area contributed by atoms with Crippen molar-refractivity contribution in [3.05, 3.63) is 0 Å². The van der Waals surface area contributed by atoms with Crippen molar-refractivity contribution in [1.82, 2.24) is 0 Å². The van der Waals surface area contributed by atoms with Gasteiger partial charge in [-0.1, -0.05) is 6.92 Å². The van der Waals surface area contributed by atoms with Crippen LogP contribution < -0.4 is 5.73 Å². The van der Waals surface area contributed by atoms with Gasteiger partial charge in [0.05, 0.1) is 12.7 Å². The van der Waals surface area contributed by atoms with E-state index in [9.17, 15) is 4.79 Å². The van der Waals surface area contributed by atoms with Crippen molar-refractivity contribution in [2.45, 2.75) is 44.8 Å². The molecular formula is C11H21NO3. The Kier molecular flexibility index (Phi) is 4.11. The highest BCUT2D eigenvalue weighted by Crippen LogP contribution is 2.37. The maximum atomic E-state index is 11.3. The third-order valence-electron chi connectivity index (χ3n) is 3.15. The number of nitrogens with two attached hydrogens (primary N) is 1. The third kappa shape index (κ3) is 2.92. The van der Waals surface area contributed by atoms with Gasteiger partial charge in [-0.15, -0.1) is 0 Å². The van der Waals surface area contributed by atoms with E-state index in [1.54, 1.807) is 6.92 Å². The fourth-order valence-electron chi connectivity index (χ4n) is 2.28.